The predicted molar refractivity (Wildman–Crippen MR) is 162 cm³/mol. The zero-order valence-electron chi connectivity index (χ0n) is 25.8. The van der Waals surface area contributed by atoms with Crippen molar-refractivity contribution in [1.29, 1.82) is 0 Å². The van der Waals surface area contributed by atoms with Crippen LogP contribution in [0, 0.1) is 11.8 Å². The molecule has 0 saturated carbocycles. The molecule has 1 heterocycles. The Morgan fingerprint density at radius 2 is 1.71 bits per heavy atom. The number of aryl methyl sites for hydroxylation is 1. The van der Waals surface area contributed by atoms with E-state index in [4.69, 9.17) is 18.9 Å². The first-order valence-electron chi connectivity index (χ1n) is 15.1. The lowest BCUT2D eigenvalue weighted by molar-refractivity contribution is 0.0542. The number of hydrogen-bond donors (Lipinski definition) is 1. The second-order valence-corrected chi connectivity index (χ2v) is 11.7. The van der Waals surface area contributed by atoms with Gasteiger partial charge in [0.2, 0.25) is 0 Å². The van der Waals surface area contributed by atoms with Gasteiger partial charge in [-0.1, -0.05) is 24.3 Å². The van der Waals surface area contributed by atoms with Gasteiger partial charge in [0.05, 0.1) is 13.7 Å². The largest absolute Gasteiger partial charge is 0.493 e. The van der Waals surface area contributed by atoms with Crippen LogP contribution < -0.4 is 14.8 Å². The number of benzene rings is 2. The van der Waals surface area contributed by atoms with Gasteiger partial charge in [0, 0.05) is 71.4 Å². The fraction of sp³-hybridized carbons (Fsp3) is 0.576. The molecule has 0 bridgehead atoms. The Morgan fingerprint density at radius 3 is 2.43 bits per heavy atom. The quantitative estimate of drug-likeness (QED) is 0.350. The predicted octanol–water partition coefficient (Wildman–Crippen LogP) is 4.42. The van der Waals surface area contributed by atoms with Crippen LogP contribution in [0.15, 0.2) is 42.5 Å². The Hall–Kier alpha value is -3.30. The third-order valence-electron chi connectivity index (χ3n) is 8.35. The van der Waals surface area contributed by atoms with E-state index >= 15 is 0 Å². The molecule has 1 aliphatic carbocycles. The zero-order chi connectivity index (χ0) is 30.1. The number of methoxy groups -OCH3 is 2. The lowest BCUT2D eigenvalue weighted by Gasteiger charge is -2.33. The summed E-state index contributed by atoms with van der Waals surface area (Å²) in [5.41, 5.74) is 3.18. The maximum atomic E-state index is 13.8. The second-order valence-electron chi connectivity index (χ2n) is 11.7. The molecule has 0 aromatic heterocycles. The third-order valence-corrected chi connectivity index (χ3v) is 8.35. The molecule has 1 aliphatic heterocycles. The SMILES string of the molecule is COCCCOc1cc(C(=O)N(C[C@@H]2CNC[C@H]2CN(C)C(=O)O[C@@H]2CCc3ccccc3C2)C(C)C)ccc1OC. The van der Waals surface area contributed by atoms with Crippen LogP contribution in [0.4, 0.5) is 4.79 Å². The first-order valence-corrected chi connectivity index (χ1v) is 15.1. The Kier molecular flexibility index (Phi) is 11.5. The molecule has 9 nitrogen and oxygen atoms in total. The highest BCUT2D eigenvalue weighted by Gasteiger charge is 2.34. The molecule has 1 saturated heterocycles. The van der Waals surface area contributed by atoms with E-state index in [0.717, 1.165) is 38.8 Å². The summed E-state index contributed by atoms with van der Waals surface area (Å²) < 4.78 is 22.4. The van der Waals surface area contributed by atoms with E-state index in [1.807, 2.05) is 31.9 Å². The van der Waals surface area contributed by atoms with Crippen molar-refractivity contribution in [2.45, 2.75) is 51.7 Å². The van der Waals surface area contributed by atoms with E-state index in [9.17, 15) is 9.59 Å². The molecule has 42 heavy (non-hydrogen) atoms. The lowest BCUT2D eigenvalue weighted by atomic mass is 9.90. The van der Waals surface area contributed by atoms with Crippen molar-refractivity contribution < 1.29 is 28.5 Å². The number of hydrogen-bond acceptors (Lipinski definition) is 7. The zero-order valence-corrected chi connectivity index (χ0v) is 25.8. The lowest BCUT2D eigenvalue weighted by Crippen LogP contribution is -2.44. The summed E-state index contributed by atoms with van der Waals surface area (Å²) in [5.74, 6) is 1.50. The maximum Gasteiger partial charge on any atom is 0.409 e. The number of carbonyl (C=O) groups is 2. The van der Waals surface area contributed by atoms with Gasteiger partial charge in [-0.2, -0.15) is 0 Å². The summed E-state index contributed by atoms with van der Waals surface area (Å²) in [5, 5.41) is 3.48. The first-order chi connectivity index (χ1) is 20.3. The molecule has 3 atom stereocenters. The minimum absolute atomic E-state index is 0.00352. The summed E-state index contributed by atoms with van der Waals surface area (Å²) >= 11 is 0. The number of amides is 2. The average molecular weight is 582 g/mol. The Bertz CT molecular complexity index is 1190. The minimum Gasteiger partial charge on any atom is -0.493 e. The molecule has 1 fully saturated rings. The van der Waals surface area contributed by atoms with Crippen molar-refractivity contribution in [2.24, 2.45) is 11.8 Å². The standard InChI is InChI=1S/C33H47N3O6/c1-23(2)36(32(37)26-12-14-30(40-5)31(18-26)41-16-8-15-39-4)22-28-20-34-19-27(28)21-35(3)33(38)42-29-13-11-24-9-6-7-10-25(24)17-29/h6-7,9-10,12,14,18,23,27-29,34H,8,11,13,15-17,19-22H2,1-5H3/t27-,28-,29+/m0/s1. The van der Waals surface area contributed by atoms with Crippen molar-refractivity contribution >= 4 is 12.0 Å². The molecule has 2 amide bonds. The van der Waals surface area contributed by atoms with Gasteiger partial charge in [0.15, 0.2) is 11.5 Å². The van der Waals surface area contributed by atoms with Gasteiger partial charge in [0.1, 0.15) is 6.10 Å². The minimum atomic E-state index is -0.280. The van der Waals surface area contributed by atoms with Crippen LogP contribution in [0.25, 0.3) is 0 Å². The molecule has 4 rings (SSSR count). The summed E-state index contributed by atoms with van der Waals surface area (Å²) in [7, 11) is 5.06. The van der Waals surface area contributed by atoms with Crippen LogP contribution in [0.5, 0.6) is 11.5 Å². The molecular formula is C33H47N3O6. The van der Waals surface area contributed by atoms with E-state index in [0.29, 0.717) is 43.4 Å². The van der Waals surface area contributed by atoms with Crippen LogP contribution in [-0.2, 0) is 22.3 Å². The molecule has 9 heteroatoms. The molecule has 2 aromatic carbocycles. The van der Waals surface area contributed by atoms with Gasteiger partial charge in [-0.05, 0) is 67.9 Å². The highest BCUT2D eigenvalue weighted by molar-refractivity contribution is 5.95. The van der Waals surface area contributed by atoms with E-state index in [2.05, 4.69) is 23.5 Å². The molecule has 230 valence electrons. The van der Waals surface area contributed by atoms with Crippen LogP contribution in [0.1, 0.15) is 48.2 Å². The number of rotatable bonds is 13. The Labute approximate surface area is 250 Å². The van der Waals surface area contributed by atoms with Crippen molar-refractivity contribution in [3.8, 4) is 11.5 Å². The highest BCUT2D eigenvalue weighted by atomic mass is 16.6. The highest BCUT2D eigenvalue weighted by Crippen LogP contribution is 2.30. The van der Waals surface area contributed by atoms with Crippen LogP contribution in [0.3, 0.4) is 0 Å². The van der Waals surface area contributed by atoms with Crippen molar-refractivity contribution in [2.75, 3.05) is 60.7 Å². The first kappa shape index (κ1) is 31.6. The number of nitrogens with one attached hydrogen (secondary N) is 1. The average Bonchev–Trinajstić information content (AvgIpc) is 3.43. The van der Waals surface area contributed by atoms with Gasteiger partial charge in [0.25, 0.3) is 5.91 Å². The Balaban J connectivity index is 1.35. The van der Waals surface area contributed by atoms with E-state index in [-0.39, 0.29) is 36.0 Å². The maximum absolute atomic E-state index is 13.8. The van der Waals surface area contributed by atoms with Crippen molar-refractivity contribution in [3.05, 3.63) is 59.2 Å². The summed E-state index contributed by atoms with van der Waals surface area (Å²) in [6.07, 6.45) is 2.91. The molecule has 2 aromatic rings. The normalized spacial score (nSPS) is 19.7. The van der Waals surface area contributed by atoms with Gasteiger partial charge in [-0.3, -0.25) is 4.79 Å². The number of ether oxygens (including phenoxy) is 4. The molecule has 1 N–H and O–H groups in total. The molecule has 2 aliphatic rings. The van der Waals surface area contributed by atoms with Crippen molar-refractivity contribution in [1.82, 2.24) is 15.1 Å². The number of carbonyl (C=O) groups excluding carboxylic acids is 2. The van der Waals surface area contributed by atoms with Gasteiger partial charge < -0.3 is 34.1 Å². The summed E-state index contributed by atoms with van der Waals surface area (Å²) in [6.45, 7) is 7.88. The fourth-order valence-electron chi connectivity index (χ4n) is 5.89. The van der Waals surface area contributed by atoms with Crippen molar-refractivity contribution in [3.63, 3.8) is 0 Å². The number of fused-ring (bicyclic) bond motifs is 1. The van der Waals surface area contributed by atoms with Gasteiger partial charge in [-0.25, -0.2) is 4.79 Å². The molecule has 0 unspecified atom stereocenters. The van der Waals surface area contributed by atoms with E-state index in [1.165, 1.54) is 11.1 Å². The summed E-state index contributed by atoms with van der Waals surface area (Å²) in [6, 6.07) is 13.7. The van der Waals surface area contributed by atoms with Gasteiger partial charge in [-0.15, -0.1) is 0 Å². The van der Waals surface area contributed by atoms with E-state index in [1.54, 1.807) is 37.3 Å². The molecule has 0 spiro atoms. The smallest absolute Gasteiger partial charge is 0.409 e. The molecular weight excluding hydrogens is 534 g/mol. The van der Waals surface area contributed by atoms with Crippen LogP contribution >= 0.6 is 0 Å². The topological polar surface area (TPSA) is 89.6 Å². The van der Waals surface area contributed by atoms with Gasteiger partial charge >= 0.3 is 6.09 Å². The van der Waals surface area contributed by atoms with Crippen LogP contribution in [-0.4, -0.2) is 94.6 Å². The van der Waals surface area contributed by atoms with Crippen LogP contribution in [0.2, 0.25) is 0 Å². The Morgan fingerprint density at radius 1 is 0.976 bits per heavy atom. The second kappa shape index (κ2) is 15.3. The summed E-state index contributed by atoms with van der Waals surface area (Å²) in [4.78, 5) is 30.4. The monoisotopic (exact) mass is 581 g/mol. The number of nitrogens with zero attached hydrogens (tertiary/aromatic N) is 2. The molecule has 0 radical (unpaired) electrons. The van der Waals surface area contributed by atoms with E-state index < -0.39 is 0 Å². The fourth-order valence-corrected chi connectivity index (χ4v) is 5.89. The third kappa shape index (κ3) is 8.16.